The van der Waals surface area contributed by atoms with E-state index in [2.05, 4.69) is 16.0 Å². The maximum absolute atomic E-state index is 12.6. The molecule has 2 aromatic rings. The van der Waals surface area contributed by atoms with Crippen molar-refractivity contribution in [2.24, 2.45) is 5.92 Å². The molecule has 0 fully saturated rings. The van der Waals surface area contributed by atoms with Gasteiger partial charge in [-0.05, 0) is 37.0 Å². The second-order valence-electron chi connectivity index (χ2n) is 9.50. The highest BCUT2D eigenvalue weighted by Gasteiger charge is 2.35. The van der Waals surface area contributed by atoms with Crippen LogP contribution in [0, 0.1) is 5.92 Å². The second kappa shape index (κ2) is 15.5. The molecule has 0 saturated heterocycles. The highest BCUT2D eigenvalue weighted by molar-refractivity contribution is 5.85. The molecule has 3 amide bonds. The van der Waals surface area contributed by atoms with E-state index in [1.165, 1.54) is 13.8 Å². The standard InChI is InChI=1S/C29H39N3O6/c1-4-5-7-16-26(35)32-29(3,20-34)24(18-33)17-30-27(36)21(2)31-28(37)38-19-23-14-10-11-15-25(23)22-12-8-6-9-13-22/h6,8-15,20-21,24,33H,4-5,7,16-19H2,1-3H3,(H,30,36)(H,31,37)(H,32,35)/t21-,24?,29-/m0/s1. The topological polar surface area (TPSA) is 134 Å². The molecular weight excluding hydrogens is 486 g/mol. The van der Waals surface area contributed by atoms with Gasteiger partial charge in [-0.3, -0.25) is 9.59 Å². The van der Waals surface area contributed by atoms with E-state index in [9.17, 15) is 24.3 Å². The van der Waals surface area contributed by atoms with Crippen molar-refractivity contribution < 1.29 is 29.0 Å². The maximum atomic E-state index is 12.6. The minimum atomic E-state index is -1.35. The molecule has 0 spiro atoms. The quantitative estimate of drug-likeness (QED) is 0.208. The van der Waals surface area contributed by atoms with Crippen molar-refractivity contribution in [3.05, 3.63) is 60.2 Å². The number of aliphatic hydroxyl groups is 1. The Hall–Kier alpha value is -3.72. The Bertz CT molecular complexity index is 1060. The van der Waals surface area contributed by atoms with E-state index in [1.807, 2.05) is 61.5 Å². The van der Waals surface area contributed by atoms with Gasteiger partial charge in [0, 0.05) is 18.9 Å². The molecule has 0 radical (unpaired) electrons. The van der Waals surface area contributed by atoms with Crippen LogP contribution in [-0.2, 0) is 25.7 Å². The van der Waals surface area contributed by atoms with E-state index in [-0.39, 0.29) is 25.5 Å². The summed E-state index contributed by atoms with van der Waals surface area (Å²) >= 11 is 0. The lowest BCUT2D eigenvalue weighted by Crippen LogP contribution is -2.57. The number of unbranched alkanes of at least 4 members (excludes halogenated alkanes) is 2. The van der Waals surface area contributed by atoms with Crippen LogP contribution >= 0.6 is 0 Å². The summed E-state index contributed by atoms with van der Waals surface area (Å²) in [5.74, 6) is -1.57. The van der Waals surface area contributed by atoms with Crippen LogP contribution in [-0.4, -0.2) is 54.0 Å². The van der Waals surface area contributed by atoms with Crippen LogP contribution in [0.25, 0.3) is 11.1 Å². The van der Waals surface area contributed by atoms with Crippen molar-refractivity contribution in [1.29, 1.82) is 0 Å². The molecule has 38 heavy (non-hydrogen) atoms. The minimum absolute atomic E-state index is 0.0213. The van der Waals surface area contributed by atoms with Gasteiger partial charge in [0.25, 0.3) is 0 Å². The zero-order valence-corrected chi connectivity index (χ0v) is 22.4. The molecular formula is C29H39N3O6. The monoisotopic (exact) mass is 525 g/mol. The number of hydrogen-bond acceptors (Lipinski definition) is 6. The van der Waals surface area contributed by atoms with Crippen LogP contribution in [0.5, 0.6) is 0 Å². The Morgan fingerprint density at radius 1 is 1.05 bits per heavy atom. The molecule has 2 aromatic carbocycles. The lowest BCUT2D eigenvalue weighted by Gasteiger charge is -2.33. The van der Waals surface area contributed by atoms with E-state index in [4.69, 9.17) is 4.74 Å². The number of aliphatic hydroxyl groups excluding tert-OH is 1. The normalized spacial score (nSPS) is 13.9. The van der Waals surface area contributed by atoms with Crippen molar-refractivity contribution in [3.63, 3.8) is 0 Å². The van der Waals surface area contributed by atoms with Crippen LogP contribution in [0.4, 0.5) is 4.79 Å². The third-order valence-electron chi connectivity index (χ3n) is 6.44. The first-order chi connectivity index (χ1) is 18.2. The number of aldehydes is 1. The van der Waals surface area contributed by atoms with E-state index < -0.39 is 36.1 Å². The Labute approximate surface area is 224 Å². The zero-order valence-electron chi connectivity index (χ0n) is 22.4. The third kappa shape index (κ3) is 9.30. The number of amides is 3. The van der Waals surface area contributed by atoms with E-state index in [0.717, 1.165) is 29.5 Å². The van der Waals surface area contributed by atoms with Crippen molar-refractivity contribution in [2.75, 3.05) is 13.2 Å². The van der Waals surface area contributed by atoms with Gasteiger partial charge in [-0.25, -0.2) is 4.79 Å². The number of rotatable bonds is 15. The average Bonchev–Trinajstić information content (AvgIpc) is 2.92. The fraction of sp³-hybridized carbons (Fsp3) is 0.448. The molecule has 0 aliphatic carbocycles. The van der Waals surface area contributed by atoms with Crippen LogP contribution in [0.15, 0.2) is 54.6 Å². The summed E-state index contributed by atoms with van der Waals surface area (Å²) < 4.78 is 5.35. The van der Waals surface area contributed by atoms with Gasteiger partial charge in [0.1, 0.15) is 18.9 Å². The Kier molecular flexibility index (Phi) is 12.5. The molecule has 1 unspecified atom stereocenters. The molecule has 206 valence electrons. The molecule has 0 aliphatic rings. The van der Waals surface area contributed by atoms with E-state index in [1.54, 1.807) is 0 Å². The molecule has 9 heteroatoms. The maximum Gasteiger partial charge on any atom is 0.408 e. The van der Waals surface area contributed by atoms with Crippen molar-refractivity contribution in [2.45, 2.75) is 64.6 Å². The van der Waals surface area contributed by atoms with Crippen LogP contribution < -0.4 is 16.0 Å². The highest BCUT2D eigenvalue weighted by Crippen LogP contribution is 2.24. The van der Waals surface area contributed by atoms with Crippen molar-refractivity contribution in [3.8, 4) is 11.1 Å². The van der Waals surface area contributed by atoms with Gasteiger partial charge in [0.05, 0.1) is 12.1 Å². The average molecular weight is 526 g/mol. The van der Waals surface area contributed by atoms with Gasteiger partial charge in [-0.2, -0.15) is 0 Å². The van der Waals surface area contributed by atoms with Gasteiger partial charge < -0.3 is 30.6 Å². The summed E-state index contributed by atoms with van der Waals surface area (Å²) in [6, 6.07) is 16.4. The lowest BCUT2D eigenvalue weighted by molar-refractivity contribution is -0.128. The predicted molar refractivity (Wildman–Crippen MR) is 145 cm³/mol. The minimum Gasteiger partial charge on any atom is -0.445 e. The third-order valence-corrected chi connectivity index (χ3v) is 6.44. The molecule has 0 heterocycles. The SMILES string of the molecule is CCCCCC(=O)N[C@@](C)(C=O)C(CO)CNC(=O)[C@H](C)NC(=O)OCc1ccccc1-c1ccccc1. The van der Waals surface area contributed by atoms with Crippen LogP contribution in [0.3, 0.4) is 0 Å². The number of hydrogen-bond donors (Lipinski definition) is 4. The van der Waals surface area contributed by atoms with E-state index in [0.29, 0.717) is 12.7 Å². The number of nitrogens with one attached hydrogen (secondary N) is 3. The molecule has 4 N–H and O–H groups in total. The summed E-state index contributed by atoms with van der Waals surface area (Å²) in [5, 5.41) is 17.6. The van der Waals surface area contributed by atoms with E-state index >= 15 is 0 Å². The van der Waals surface area contributed by atoms with Gasteiger partial charge >= 0.3 is 6.09 Å². The predicted octanol–water partition coefficient (Wildman–Crippen LogP) is 3.35. The van der Waals surface area contributed by atoms with Gasteiger partial charge in [0.2, 0.25) is 11.8 Å². The first-order valence-electron chi connectivity index (χ1n) is 13.0. The smallest absolute Gasteiger partial charge is 0.408 e. The molecule has 3 atom stereocenters. The molecule has 0 aliphatic heterocycles. The summed E-state index contributed by atoms with van der Waals surface area (Å²) in [6.45, 7) is 4.54. The first kappa shape index (κ1) is 30.5. The fourth-order valence-electron chi connectivity index (χ4n) is 3.94. The number of benzene rings is 2. The van der Waals surface area contributed by atoms with Crippen LogP contribution in [0.1, 0.15) is 52.0 Å². The van der Waals surface area contributed by atoms with Gasteiger partial charge in [0.15, 0.2) is 0 Å². The highest BCUT2D eigenvalue weighted by atomic mass is 16.5. The summed E-state index contributed by atoms with van der Waals surface area (Å²) in [5.41, 5.74) is 1.41. The molecule has 0 bridgehead atoms. The summed E-state index contributed by atoms with van der Waals surface area (Å²) in [7, 11) is 0. The largest absolute Gasteiger partial charge is 0.445 e. The molecule has 0 saturated carbocycles. The Balaban J connectivity index is 1.87. The van der Waals surface area contributed by atoms with Crippen LogP contribution in [0.2, 0.25) is 0 Å². The number of ether oxygens (including phenoxy) is 1. The second-order valence-corrected chi connectivity index (χ2v) is 9.50. The number of alkyl carbamates (subject to hydrolysis) is 1. The Morgan fingerprint density at radius 2 is 1.74 bits per heavy atom. The first-order valence-corrected chi connectivity index (χ1v) is 13.0. The number of carbonyl (C=O) groups excluding carboxylic acids is 4. The van der Waals surface area contributed by atoms with Crippen molar-refractivity contribution >= 4 is 24.2 Å². The van der Waals surface area contributed by atoms with Crippen molar-refractivity contribution in [1.82, 2.24) is 16.0 Å². The molecule has 0 aromatic heterocycles. The lowest BCUT2D eigenvalue weighted by atomic mass is 9.86. The fourth-order valence-corrected chi connectivity index (χ4v) is 3.94. The summed E-state index contributed by atoms with van der Waals surface area (Å²) in [4.78, 5) is 49.0. The Morgan fingerprint density at radius 3 is 2.39 bits per heavy atom. The molecule has 2 rings (SSSR count). The zero-order chi connectivity index (χ0) is 28.0. The number of carbonyl (C=O) groups is 4. The van der Waals surface area contributed by atoms with Gasteiger partial charge in [-0.1, -0.05) is 74.4 Å². The summed E-state index contributed by atoms with van der Waals surface area (Å²) in [6.07, 6.45) is 2.66. The van der Waals surface area contributed by atoms with Gasteiger partial charge in [-0.15, -0.1) is 0 Å². The molecule has 9 nitrogen and oxygen atoms in total.